The Balaban J connectivity index is 1.84. The Morgan fingerprint density at radius 1 is 1.21 bits per heavy atom. The van der Waals surface area contributed by atoms with Gasteiger partial charge >= 0.3 is 0 Å². The Kier molecular flexibility index (Phi) is 5.98. The second-order valence-electron chi connectivity index (χ2n) is 7.35. The first-order chi connectivity index (χ1) is 13.3. The molecule has 3 rings (SSSR count). The van der Waals surface area contributed by atoms with Crippen molar-refractivity contribution in [3.8, 4) is 5.75 Å². The monoisotopic (exact) mass is 404 g/mol. The molecule has 1 fully saturated rings. The molecule has 1 N–H and O–H groups in total. The summed E-state index contributed by atoms with van der Waals surface area (Å²) in [6, 6.07) is 16.7. The van der Waals surface area contributed by atoms with Crippen molar-refractivity contribution in [1.82, 2.24) is 4.90 Å². The molecule has 2 atom stereocenters. The number of para-hydroxylation sites is 1. The maximum absolute atomic E-state index is 13.3. The molecule has 0 bridgehead atoms. The number of methoxy groups -OCH3 is 1. The first-order valence-electron chi connectivity index (χ1n) is 9.42. The minimum Gasteiger partial charge on any atom is -0.497 e. The third-order valence-electron chi connectivity index (χ3n) is 5.49. The highest BCUT2D eigenvalue weighted by Gasteiger charge is 2.56. The van der Waals surface area contributed by atoms with Crippen molar-refractivity contribution >= 4 is 15.7 Å². The zero-order chi connectivity index (χ0) is 20.4. The lowest BCUT2D eigenvalue weighted by atomic mass is 10.0. The smallest absolute Gasteiger partial charge is 0.244 e. The van der Waals surface area contributed by atoms with Crippen LogP contribution in [0.4, 0.5) is 5.69 Å². The van der Waals surface area contributed by atoms with Gasteiger partial charge in [0.25, 0.3) is 0 Å². The third kappa shape index (κ3) is 3.74. The zero-order valence-electron chi connectivity index (χ0n) is 16.6. The molecule has 7 heteroatoms. The third-order valence-corrected chi connectivity index (χ3v) is 8.01. The molecule has 0 spiro atoms. The van der Waals surface area contributed by atoms with Crippen LogP contribution in [0.15, 0.2) is 54.6 Å². The number of hydrogen-bond acceptors (Lipinski definition) is 5. The van der Waals surface area contributed by atoms with Crippen LogP contribution in [0.1, 0.15) is 19.4 Å². The zero-order valence-corrected chi connectivity index (χ0v) is 17.4. The summed E-state index contributed by atoms with van der Waals surface area (Å²) in [5, 5.41) is 10.7. The predicted molar refractivity (Wildman–Crippen MR) is 111 cm³/mol. The molecule has 28 heavy (non-hydrogen) atoms. The van der Waals surface area contributed by atoms with Gasteiger partial charge in [-0.3, -0.25) is 9.21 Å². The number of nitrogens with zero attached hydrogens (tertiary/aromatic N) is 2. The molecule has 0 aromatic heterocycles. The van der Waals surface area contributed by atoms with Crippen molar-refractivity contribution in [2.45, 2.75) is 31.2 Å². The number of benzene rings is 2. The van der Waals surface area contributed by atoms with Gasteiger partial charge in [-0.25, -0.2) is 8.42 Å². The van der Waals surface area contributed by atoms with Gasteiger partial charge in [-0.15, -0.1) is 0 Å². The van der Waals surface area contributed by atoms with Crippen LogP contribution < -0.4 is 9.04 Å². The molecule has 0 saturated carbocycles. The quantitative estimate of drug-likeness (QED) is 0.768. The van der Waals surface area contributed by atoms with Gasteiger partial charge in [-0.1, -0.05) is 37.3 Å². The molecule has 0 aliphatic carbocycles. The number of rotatable bonds is 7. The Labute approximate surface area is 167 Å². The maximum Gasteiger partial charge on any atom is 0.244 e. The summed E-state index contributed by atoms with van der Waals surface area (Å²) < 4.78 is 32.0. The van der Waals surface area contributed by atoms with Gasteiger partial charge < -0.3 is 9.84 Å². The summed E-state index contributed by atoms with van der Waals surface area (Å²) in [5.41, 5.74) is 1.62. The van der Waals surface area contributed by atoms with Crippen LogP contribution in [0.25, 0.3) is 0 Å². The van der Waals surface area contributed by atoms with E-state index in [2.05, 4.69) is 0 Å². The van der Waals surface area contributed by atoms with E-state index in [1.807, 2.05) is 42.2 Å². The number of aliphatic hydroxyl groups excluding tert-OH is 1. The first kappa shape index (κ1) is 20.6. The van der Waals surface area contributed by atoms with E-state index in [0.29, 0.717) is 18.8 Å². The summed E-state index contributed by atoms with van der Waals surface area (Å²) in [7, 11) is -2.10. The Hall–Kier alpha value is -2.09. The fourth-order valence-electron chi connectivity index (χ4n) is 3.65. The average Bonchev–Trinajstić information content (AvgIpc) is 2.88. The molecule has 2 aromatic carbocycles. The van der Waals surface area contributed by atoms with Crippen LogP contribution in [-0.4, -0.2) is 56.0 Å². The van der Waals surface area contributed by atoms with Gasteiger partial charge in [0.1, 0.15) is 10.5 Å². The Morgan fingerprint density at radius 3 is 2.57 bits per heavy atom. The normalized spacial score (nSPS) is 23.9. The highest BCUT2D eigenvalue weighted by Crippen LogP contribution is 2.37. The molecule has 1 aliphatic rings. The molecule has 6 nitrogen and oxygen atoms in total. The molecule has 0 radical (unpaired) electrons. The number of aliphatic hydroxyl groups is 1. The van der Waals surface area contributed by atoms with E-state index in [1.165, 1.54) is 4.31 Å². The van der Waals surface area contributed by atoms with Crippen LogP contribution in [0.5, 0.6) is 5.75 Å². The van der Waals surface area contributed by atoms with Gasteiger partial charge in [-0.05, 0) is 43.3 Å². The van der Waals surface area contributed by atoms with E-state index >= 15 is 0 Å². The Bertz CT molecular complexity index is 904. The highest BCUT2D eigenvalue weighted by atomic mass is 32.2. The van der Waals surface area contributed by atoms with Crippen molar-refractivity contribution < 1.29 is 18.3 Å². The summed E-state index contributed by atoms with van der Waals surface area (Å²) in [4.78, 5) is 2.05. The SMILES string of the molecule is CCN(Cc1cccc(OC)c1)C[C@]1(C)[C@@H](O)CN(c2ccccc2)S1(=O)=O. The number of β-amino-alcohol motifs (C(OH)–C–C–N with tert-alkyl or cyclic N) is 1. The van der Waals surface area contributed by atoms with Crippen molar-refractivity contribution in [2.75, 3.05) is 31.0 Å². The summed E-state index contributed by atoms with van der Waals surface area (Å²) in [6.07, 6.45) is -0.975. The Morgan fingerprint density at radius 2 is 1.93 bits per heavy atom. The summed E-state index contributed by atoms with van der Waals surface area (Å²) in [6.45, 7) is 5.20. The van der Waals surface area contributed by atoms with E-state index in [1.54, 1.807) is 38.3 Å². The lowest BCUT2D eigenvalue weighted by Crippen LogP contribution is -2.51. The fraction of sp³-hybridized carbons (Fsp3) is 0.429. The minimum absolute atomic E-state index is 0.0690. The van der Waals surface area contributed by atoms with Gasteiger partial charge in [0.05, 0.1) is 25.4 Å². The maximum atomic E-state index is 13.3. The number of ether oxygens (including phenoxy) is 1. The van der Waals surface area contributed by atoms with E-state index in [4.69, 9.17) is 4.74 Å². The molecular formula is C21H28N2O4S. The average molecular weight is 405 g/mol. The standard InChI is InChI=1S/C21H28N2O4S/c1-4-22(14-17-9-8-12-19(13-17)27-3)16-21(2)20(24)15-23(28(21,25)26)18-10-6-5-7-11-18/h5-13,20,24H,4,14-16H2,1-3H3/t20-,21+/m0/s1. The van der Waals surface area contributed by atoms with Crippen molar-refractivity contribution in [3.63, 3.8) is 0 Å². The van der Waals surface area contributed by atoms with Crippen LogP contribution >= 0.6 is 0 Å². The van der Waals surface area contributed by atoms with Crippen LogP contribution in [0.3, 0.4) is 0 Å². The van der Waals surface area contributed by atoms with E-state index < -0.39 is 20.9 Å². The first-order valence-corrected chi connectivity index (χ1v) is 10.9. The molecule has 1 heterocycles. The van der Waals surface area contributed by atoms with E-state index in [-0.39, 0.29) is 13.1 Å². The number of anilines is 1. The largest absolute Gasteiger partial charge is 0.497 e. The van der Waals surface area contributed by atoms with Crippen molar-refractivity contribution in [3.05, 3.63) is 60.2 Å². The highest BCUT2D eigenvalue weighted by molar-refractivity contribution is 7.94. The molecule has 1 aliphatic heterocycles. The van der Waals surface area contributed by atoms with Crippen LogP contribution in [0.2, 0.25) is 0 Å². The van der Waals surface area contributed by atoms with Crippen molar-refractivity contribution in [1.29, 1.82) is 0 Å². The lowest BCUT2D eigenvalue weighted by Gasteiger charge is -2.33. The lowest BCUT2D eigenvalue weighted by molar-refractivity contribution is 0.119. The van der Waals surface area contributed by atoms with Crippen LogP contribution in [0, 0.1) is 0 Å². The second kappa shape index (κ2) is 8.11. The van der Waals surface area contributed by atoms with Crippen LogP contribution in [-0.2, 0) is 16.6 Å². The molecule has 1 saturated heterocycles. The van der Waals surface area contributed by atoms with E-state index in [0.717, 1.165) is 11.3 Å². The summed E-state index contributed by atoms with van der Waals surface area (Å²) >= 11 is 0. The molecule has 152 valence electrons. The van der Waals surface area contributed by atoms with Gasteiger partial charge in [0.15, 0.2) is 0 Å². The minimum atomic E-state index is -3.72. The fourth-order valence-corrected chi connectivity index (χ4v) is 5.65. The van der Waals surface area contributed by atoms with Crippen molar-refractivity contribution in [2.24, 2.45) is 0 Å². The van der Waals surface area contributed by atoms with E-state index in [9.17, 15) is 13.5 Å². The second-order valence-corrected chi connectivity index (χ2v) is 9.68. The number of sulfonamides is 1. The van der Waals surface area contributed by atoms with Gasteiger partial charge in [0.2, 0.25) is 10.0 Å². The molecular weight excluding hydrogens is 376 g/mol. The molecule has 0 amide bonds. The van der Waals surface area contributed by atoms with Gasteiger partial charge in [0, 0.05) is 13.1 Å². The number of hydrogen-bond donors (Lipinski definition) is 1. The molecule has 2 aromatic rings. The summed E-state index contributed by atoms with van der Waals surface area (Å²) in [5.74, 6) is 0.767. The topological polar surface area (TPSA) is 70.1 Å². The predicted octanol–water partition coefficient (Wildman–Crippen LogP) is 2.49. The molecule has 0 unspecified atom stereocenters. The van der Waals surface area contributed by atoms with Gasteiger partial charge in [-0.2, -0.15) is 0 Å².